The number of aromatic nitrogens is 9. The molecule has 3 heterocycles. The number of nitrogens with zero attached hydrogens (tertiary/aromatic N) is 9. The van der Waals surface area contributed by atoms with Gasteiger partial charge in [0.15, 0.2) is 52.4 Å². The zero-order chi connectivity index (χ0) is 78.5. The molecule has 3 aromatic heterocycles. The first-order chi connectivity index (χ1) is 58.5. The molecule has 22 aromatic rings. The van der Waals surface area contributed by atoms with E-state index < -0.39 is 0 Å². The highest BCUT2D eigenvalue weighted by Crippen LogP contribution is 2.42. The van der Waals surface area contributed by atoms with Crippen molar-refractivity contribution in [3.05, 3.63) is 431 Å². The molecule has 22 rings (SSSR count). The summed E-state index contributed by atoms with van der Waals surface area (Å²) in [6.45, 7) is 0. The standard InChI is InChI=1S/C45H29N3.C35H23N3.C29H19N3/c1-3-13-32(14-4-1)43-46-44(33-15-5-2-6-16-33)48-45(47-43)42-28-35-18-8-7-17-34(35)27-41(42)31-25-23-30(24-26-31)40-29-36-19-9-10-20-37(36)38-21-11-12-22-39(38)40;1-3-11-24(12-4-1)25-19-21-27(22-20-25)34-36-33(26-13-5-2-6-14-26)37-35(38-34)32-23-28-15-7-8-16-29(28)30-17-9-10-18-31(30)32;1-3-11-20(12-4-1)27-30-28(21-13-5-2-6-14-21)32-29(31-27)26-19-22-15-7-8-16-23(22)24-17-9-10-18-25(24)26/h1-29H;1-23H;1-19H. The molecule has 19 aromatic carbocycles. The van der Waals surface area contributed by atoms with Crippen LogP contribution < -0.4 is 0 Å². The van der Waals surface area contributed by atoms with Crippen LogP contribution in [0.4, 0.5) is 0 Å². The maximum Gasteiger partial charge on any atom is 0.164 e. The summed E-state index contributed by atoms with van der Waals surface area (Å²) >= 11 is 0. The molecule has 0 saturated heterocycles. The molecule has 0 unspecified atom stereocenters. The van der Waals surface area contributed by atoms with Gasteiger partial charge in [-0.1, -0.05) is 400 Å². The van der Waals surface area contributed by atoms with Gasteiger partial charge in [-0.2, -0.15) is 0 Å². The van der Waals surface area contributed by atoms with Crippen molar-refractivity contribution in [1.82, 2.24) is 44.9 Å². The summed E-state index contributed by atoms with van der Waals surface area (Å²) in [5, 5.41) is 16.8. The Morgan fingerprint density at radius 1 is 0.102 bits per heavy atom. The largest absolute Gasteiger partial charge is 0.208 e. The van der Waals surface area contributed by atoms with Crippen molar-refractivity contribution >= 4 is 75.4 Å². The predicted molar refractivity (Wildman–Crippen MR) is 487 cm³/mol. The predicted octanol–water partition coefficient (Wildman–Crippen LogP) is 27.7. The van der Waals surface area contributed by atoms with Gasteiger partial charge in [0, 0.05) is 50.1 Å². The smallest absolute Gasteiger partial charge is 0.164 e. The Kier molecular flexibility index (Phi) is 19.2. The van der Waals surface area contributed by atoms with E-state index >= 15 is 0 Å². The van der Waals surface area contributed by atoms with Crippen molar-refractivity contribution < 1.29 is 0 Å². The lowest BCUT2D eigenvalue weighted by atomic mass is 9.91. The average molecular weight is 1510 g/mol. The fourth-order valence-electron chi connectivity index (χ4n) is 15.9. The molecular weight excluding hydrogens is 1440 g/mol. The van der Waals surface area contributed by atoms with Crippen molar-refractivity contribution in [2.24, 2.45) is 0 Å². The molecule has 118 heavy (non-hydrogen) atoms. The summed E-state index contributed by atoms with van der Waals surface area (Å²) < 4.78 is 0. The van der Waals surface area contributed by atoms with Crippen LogP contribution >= 0.6 is 0 Å². The summed E-state index contributed by atoms with van der Waals surface area (Å²) in [6, 6.07) is 149. The number of hydrogen-bond donors (Lipinski definition) is 0. The minimum atomic E-state index is 0.646. The Hall–Kier alpha value is -16.0. The second-order valence-electron chi connectivity index (χ2n) is 29.1. The Balaban J connectivity index is 0.000000116. The van der Waals surface area contributed by atoms with Crippen molar-refractivity contribution in [2.45, 2.75) is 0 Å². The fraction of sp³-hybridized carbons (Fsp3) is 0. The van der Waals surface area contributed by atoms with Gasteiger partial charge in [-0.3, -0.25) is 0 Å². The van der Waals surface area contributed by atoms with Crippen LogP contribution in [0.5, 0.6) is 0 Å². The molecule has 0 atom stereocenters. The van der Waals surface area contributed by atoms with Crippen molar-refractivity contribution in [1.29, 1.82) is 0 Å². The van der Waals surface area contributed by atoms with E-state index in [0.717, 1.165) is 88.3 Å². The summed E-state index contributed by atoms with van der Waals surface area (Å²) in [7, 11) is 0. The average Bonchev–Trinajstić information content (AvgIpc) is 0.767. The number of fused-ring (bicyclic) bond motifs is 10. The van der Waals surface area contributed by atoms with E-state index in [0.29, 0.717) is 52.4 Å². The number of benzene rings is 19. The molecule has 0 N–H and O–H groups in total. The summed E-state index contributed by atoms with van der Waals surface area (Å²) in [5.41, 5.74) is 15.7. The van der Waals surface area contributed by atoms with Gasteiger partial charge in [0.2, 0.25) is 0 Å². The molecule has 9 heteroatoms. The monoisotopic (exact) mass is 1510 g/mol. The van der Waals surface area contributed by atoms with Gasteiger partial charge in [-0.25, -0.2) is 44.9 Å². The molecule has 0 spiro atoms. The van der Waals surface area contributed by atoms with E-state index in [1.807, 2.05) is 158 Å². The maximum absolute atomic E-state index is 5.10. The van der Waals surface area contributed by atoms with Crippen LogP contribution in [0.15, 0.2) is 431 Å². The highest BCUT2D eigenvalue weighted by molar-refractivity contribution is 6.16. The van der Waals surface area contributed by atoms with Gasteiger partial charge < -0.3 is 0 Å². The molecule has 0 fully saturated rings. The van der Waals surface area contributed by atoms with Gasteiger partial charge in [-0.15, -0.1) is 0 Å². The molecule has 9 nitrogen and oxygen atoms in total. The van der Waals surface area contributed by atoms with Crippen LogP contribution in [0.2, 0.25) is 0 Å². The molecule has 0 aliphatic heterocycles. The third kappa shape index (κ3) is 14.4. The van der Waals surface area contributed by atoms with Crippen molar-refractivity contribution in [2.75, 3.05) is 0 Å². The lowest BCUT2D eigenvalue weighted by Crippen LogP contribution is -2.01. The lowest BCUT2D eigenvalue weighted by molar-refractivity contribution is 1.07. The SMILES string of the molecule is c1ccc(-c2ccc(-c3nc(-c4ccccc4)nc(-c4cc5ccccc5c5ccccc45)n3)cc2)cc1.c1ccc(-c2nc(-c3ccccc3)nc(-c3cc4ccccc4c4ccccc34)n2)cc1.c1ccc(-c2nc(-c3ccccc3)nc(-c3cc4ccccc4cc3-c3ccc(-c4cc5ccccc5c5ccccc45)cc3)n2)cc1. The van der Waals surface area contributed by atoms with Crippen LogP contribution in [-0.2, 0) is 0 Å². The van der Waals surface area contributed by atoms with E-state index in [4.69, 9.17) is 44.9 Å². The molecule has 0 radical (unpaired) electrons. The van der Waals surface area contributed by atoms with E-state index in [2.05, 4.69) is 273 Å². The fourth-order valence-corrected chi connectivity index (χ4v) is 15.9. The molecule has 0 aliphatic carbocycles. The van der Waals surface area contributed by atoms with Crippen molar-refractivity contribution in [3.8, 4) is 136 Å². The van der Waals surface area contributed by atoms with Gasteiger partial charge in [0.25, 0.3) is 0 Å². The summed E-state index contributed by atoms with van der Waals surface area (Å²) in [4.78, 5) is 44.8. The minimum absolute atomic E-state index is 0.646. The molecule has 0 aliphatic rings. The van der Waals surface area contributed by atoms with Crippen LogP contribution in [0, 0.1) is 0 Å². The second-order valence-corrected chi connectivity index (χ2v) is 29.1. The van der Waals surface area contributed by atoms with E-state index in [9.17, 15) is 0 Å². The van der Waals surface area contributed by atoms with Crippen molar-refractivity contribution in [3.63, 3.8) is 0 Å². The Morgan fingerprint density at radius 2 is 0.288 bits per heavy atom. The quantitative estimate of drug-likeness (QED) is 0.110. The van der Waals surface area contributed by atoms with Gasteiger partial charge in [0.05, 0.1) is 0 Å². The Labute approximate surface area is 682 Å². The number of rotatable bonds is 12. The topological polar surface area (TPSA) is 116 Å². The first-order valence-corrected chi connectivity index (χ1v) is 39.6. The second kappa shape index (κ2) is 31.9. The van der Waals surface area contributed by atoms with E-state index in [1.165, 1.54) is 70.6 Å². The third-order valence-corrected chi connectivity index (χ3v) is 21.7. The van der Waals surface area contributed by atoms with Gasteiger partial charge in [-0.05, 0) is 139 Å². The van der Waals surface area contributed by atoms with Gasteiger partial charge in [0.1, 0.15) is 0 Å². The minimum Gasteiger partial charge on any atom is -0.208 e. The highest BCUT2D eigenvalue weighted by atomic mass is 15.1. The molecule has 0 saturated carbocycles. The zero-order valence-electron chi connectivity index (χ0n) is 64.0. The maximum atomic E-state index is 5.10. The first kappa shape index (κ1) is 71.1. The molecule has 552 valence electrons. The summed E-state index contributed by atoms with van der Waals surface area (Å²) in [5.74, 6) is 5.96. The lowest BCUT2D eigenvalue weighted by Gasteiger charge is -2.15. The van der Waals surface area contributed by atoms with E-state index in [1.54, 1.807) is 0 Å². The third-order valence-electron chi connectivity index (χ3n) is 21.7. The zero-order valence-corrected chi connectivity index (χ0v) is 64.0. The van der Waals surface area contributed by atoms with Crippen LogP contribution in [-0.4, -0.2) is 44.9 Å². The normalized spacial score (nSPS) is 11.2. The van der Waals surface area contributed by atoms with Gasteiger partial charge >= 0.3 is 0 Å². The first-order valence-electron chi connectivity index (χ1n) is 39.6. The Morgan fingerprint density at radius 3 is 0.619 bits per heavy atom. The molecule has 0 bridgehead atoms. The molecule has 0 amide bonds. The van der Waals surface area contributed by atoms with E-state index in [-0.39, 0.29) is 0 Å². The molecular formula is C109H71N9. The Bertz CT molecular complexity index is 7330. The number of hydrogen-bond acceptors (Lipinski definition) is 9. The highest BCUT2D eigenvalue weighted by Gasteiger charge is 2.22. The van der Waals surface area contributed by atoms with Crippen LogP contribution in [0.25, 0.3) is 211 Å². The van der Waals surface area contributed by atoms with Crippen LogP contribution in [0.1, 0.15) is 0 Å². The van der Waals surface area contributed by atoms with Crippen LogP contribution in [0.3, 0.4) is 0 Å². The summed E-state index contributed by atoms with van der Waals surface area (Å²) in [6.07, 6.45) is 0.